The zero-order chi connectivity index (χ0) is 48.0. The quantitative estimate of drug-likeness (QED) is 0.143. The number of hydrogen-bond donors (Lipinski definition) is 4. The van der Waals surface area contributed by atoms with Gasteiger partial charge in [-0.05, 0) is 112 Å². The molecule has 0 unspecified atom stereocenters. The van der Waals surface area contributed by atoms with E-state index in [2.05, 4.69) is 21.2 Å². The predicted octanol–water partition coefficient (Wildman–Crippen LogP) is 3.67. The molecule has 4 N–H and O–H groups in total. The van der Waals surface area contributed by atoms with Crippen LogP contribution in [0.4, 0.5) is 9.59 Å². The summed E-state index contributed by atoms with van der Waals surface area (Å²) in [7, 11) is 5.56. The number of nitrogens with zero attached hydrogens (tertiary/aromatic N) is 5. The smallest absolute Gasteiger partial charge is 0.494 e. The van der Waals surface area contributed by atoms with Crippen molar-refractivity contribution < 1.29 is 62.5 Å². The predicted molar refractivity (Wildman–Crippen MR) is 235 cm³/mol. The van der Waals surface area contributed by atoms with Gasteiger partial charge in [0.25, 0.3) is 5.91 Å². The zero-order valence-corrected chi connectivity index (χ0v) is 39.9. The number of hydrazine groups is 1. The molecule has 20 heteroatoms. The maximum Gasteiger partial charge on any atom is 0.509 e. The summed E-state index contributed by atoms with van der Waals surface area (Å²) in [6, 6.07) is 6.54. The number of fused-ring (bicyclic) bond motifs is 1. The fraction of sp³-hybridized carbons (Fsp3) is 0.733. The molecule has 5 rings (SSSR count). The molecule has 0 radical (unpaired) electrons. The van der Waals surface area contributed by atoms with Gasteiger partial charge in [-0.25, -0.2) is 19.7 Å². The average Bonchev–Trinajstić information content (AvgIpc) is 3.84. The Hall–Kier alpha value is -4.60. The summed E-state index contributed by atoms with van der Waals surface area (Å²) >= 11 is 0. The number of nitrogens with one attached hydrogen (secondary N) is 2. The van der Waals surface area contributed by atoms with Crippen molar-refractivity contribution in [3.63, 3.8) is 0 Å². The minimum Gasteiger partial charge on any atom is -0.494 e. The Balaban J connectivity index is 1.42. The van der Waals surface area contributed by atoms with E-state index in [0.29, 0.717) is 25.3 Å². The van der Waals surface area contributed by atoms with Gasteiger partial charge in [-0.3, -0.25) is 19.9 Å². The molecule has 65 heavy (non-hydrogen) atoms. The van der Waals surface area contributed by atoms with Crippen LogP contribution >= 0.6 is 0 Å². The number of cyclic esters (lactones) is 1. The van der Waals surface area contributed by atoms with Crippen LogP contribution < -0.4 is 15.6 Å². The molecule has 1 aromatic carbocycles. The van der Waals surface area contributed by atoms with Crippen LogP contribution in [-0.4, -0.2) is 160 Å². The van der Waals surface area contributed by atoms with E-state index in [1.807, 2.05) is 82.9 Å². The average molecular weight is 918 g/mol. The molecular weight excluding hydrogens is 847 g/mol. The Morgan fingerprint density at radius 2 is 1.72 bits per heavy atom. The number of carbonyl (C=O) groups excluding carboxylic acids is 4. The number of rotatable bonds is 11. The van der Waals surface area contributed by atoms with Gasteiger partial charge in [0.15, 0.2) is 18.0 Å². The second kappa shape index (κ2) is 21.8. The van der Waals surface area contributed by atoms with Crippen molar-refractivity contribution in [2.75, 3.05) is 34.3 Å². The van der Waals surface area contributed by atoms with Crippen LogP contribution in [0.15, 0.2) is 30.5 Å². The van der Waals surface area contributed by atoms with Crippen LogP contribution in [0.5, 0.6) is 5.75 Å². The minimum atomic E-state index is -1.69. The molecule has 3 aliphatic rings. The number of hydrogen-bond acceptors (Lipinski definition) is 17. The zero-order valence-electron chi connectivity index (χ0n) is 39.9. The normalized spacial score (nSPS) is 35.1. The van der Waals surface area contributed by atoms with Gasteiger partial charge in [0.05, 0.1) is 36.5 Å². The fourth-order valence-electron chi connectivity index (χ4n) is 9.45. The van der Waals surface area contributed by atoms with Crippen LogP contribution in [0.2, 0.25) is 0 Å². The van der Waals surface area contributed by atoms with Crippen LogP contribution in [0.3, 0.4) is 0 Å². The Bertz CT molecular complexity index is 1920. The molecular formula is C45H71N7O13. The molecule has 0 aliphatic carbocycles. The van der Waals surface area contributed by atoms with Gasteiger partial charge in [0, 0.05) is 30.1 Å². The summed E-state index contributed by atoms with van der Waals surface area (Å²) in [5.74, 6) is -3.20. The lowest BCUT2D eigenvalue weighted by molar-refractivity contribution is -0.299. The second-order valence-electron chi connectivity index (χ2n) is 18.7. The van der Waals surface area contributed by atoms with E-state index < -0.39 is 90.0 Å². The molecule has 0 saturated carbocycles. The van der Waals surface area contributed by atoms with Gasteiger partial charge >= 0.3 is 18.2 Å². The van der Waals surface area contributed by atoms with E-state index in [1.54, 1.807) is 33.9 Å². The van der Waals surface area contributed by atoms with Crippen LogP contribution in [0.1, 0.15) is 88.0 Å². The summed E-state index contributed by atoms with van der Waals surface area (Å²) < 4.78 is 43.5. The molecule has 4 heterocycles. The van der Waals surface area contributed by atoms with Crippen molar-refractivity contribution in [3.05, 3.63) is 30.5 Å². The Labute approximate surface area is 381 Å². The molecule has 14 atom stereocenters. The molecule has 0 spiro atoms. The lowest BCUT2D eigenvalue weighted by Crippen LogP contribution is -2.59. The summed E-state index contributed by atoms with van der Waals surface area (Å²) in [5, 5.41) is 32.4. The highest BCUT2D eigenvalue weighted by atomic mass is 16.8. The van der Waals surface area contributed by atoms with E-state index in [-0.39, 0.29) is 37.5 Å². The molecule has 3 fully saturated rings. The van der Waals surface area contributed by atoms with E-state index in [9.17, 15) is 29.4 Å². The van der Waals surface area contributed by atoms with Gasteiger partial charge in [-0.2, -0.15) is 0 Å². The van der Waals surface area contributed by atoms with E-state index in [4.69, 9.17) is 33.2 Å². The van der Waals surface area contributed by atoms with E-state index in [0.717, 1.165) is 17.7 Å². The first-order valence-electron chi connectivity index (χ1n) is 22.6. The van der Waals surface area contributed by atoms with E-state index >= 15 is 0 Å². The van der Waals surface area contributed by atoms with Crippen molar-refractivity contribution in [2.45, 2.75) is 161 Å². The summed E-state index contributed by atoms with van der Waals surface area (Å²) in [5.41, 5.74) is 2.77. The first-order chi connectivity index (χ1) is 30.6. The number of likely N-dealkylation sites (N-methyl/N-ethyl adjacent to an activating group) is 2. The van der Waals surface area contributed by atoms with E-state index in [1.165, 1.54) is 11.6 Å². The number of benzene rings is 1. The van der Waals surface area contributed by atoms with Crippen molar-refractivity contribution in [1.82, 2.24) is 35.6 Å². The maximum atomic E-state index is 14.4. The van der Waals surface area contributed by atoms with Crippen LogP contribution in [-0.2, 0) is 44.6 Å². The monoisotopic (exact) mass is 918 g/mol. The van der Waals surface area contributed by atoms with Crippen molar-refractivity contribution in [3.8, 4) is 17.0 Å². The number of amides is 2. The van der Waals surface area contributed by atoms with Crippen molar-refractivity contribution in [1.29, 1.82) is 0 Å². The number of esters is 1. The standard InChI is InChI=1S/C45H71N7O13/c1-13-19-59-31-17-15-30(16-18-31)32-23-52(49-46-32)24-35(53)47-48-42(56)62-37-27(5)38(63-41-36(54)33(50(10)11)20-26(4)60-41)44(8,58)21-25(3)22-51(12)29(7)39-45(9,65-43(57)64-39)34(14-2)61-40(55)28(37)6/h15-18,23,25-29,33-34,36-39,41,54,58H,13-14,19-22,24H2,1-12H3,(H,47,53)(H,48,56)/t25-,26-,27+,28-,29-,33+,34-,36-,37+,38-,39-,41+,44-,45-/m1/s1. The Morgan fingerprint density at radius 1 is 1.03 bits per heavy atom. The van der Waals surface area contributed by atoms with Crippen LogP contribution in [0, 0.1) is 17.8 Å². The maximum absolute atomic E-state index is 14.4. The molecule has 3 aliphatic heterocycles. The molecule has 364 valence electrons. The molecule has 20 nitrogen and oxygen atoms in total. The summed E-state index contributed by atoms with van der Waals surface area (Å²) in [4.78, 5) is 57.8. The van der Waals surface area contributed by atoms with Gasteiger partial charge in [0.2, 0.25) is 0 Å². The number of carbonyl (C=O) groups is 4. The summed E-state index contributed by atoms with van der Waals surface area (Å²) in [6.45, 7) is 16.7. The third-order valence-electron chi connectivity index (χ3n) is 12.9. The molecule has 1 aromatic heterocycles. The van der Waals surface area contributed by atoms with Gasteiger partial charge in [0.1, 0.15) is 36.3 Å². The van der Waals surface area contributed by atoms with Gasteiger partial charge in [-0.15, -0.1) is 5.10 Å². The lowest BCUT2D eigenvalue weighted by Gasteiger charge is -2.47. The summed E-state index contributed by atoms with van der Waals surface area (Å²) in [6.07, 6.45) is -5.79. The minimum absolute atomic E-state index is 0.140. The Kier molecular flexibility index (Phi) is 17.2. The molecule has 3 saturated heterocycles. The SMILES string of the molecule is CCCOc1ccc(-c2cn(CC(=O)NNC(=O)O[C@H]3[C@H](C)[C@@H](O[C@@H]4O[C@H](C)C[C@H](N(C)C)[C@H]4O)[C@](C)(O)C[C@@H](C)CN(C)[C@H](C)[C@H]4OC(=O)O[C@]4(C)[C@@H](CC)OC(=O)[C@@H]3C)nn2)cc1. The molecule has 0 bridgehead atoms. The first-order valence-corrected chi connectivity index (χ1v) is 22.6. The molecule has 2 amide bonds. The number of aliphatic hydroxyl groups excluding tert-OH is 1. The Morgan fingerprint density at radius 3 is 2.37 bits per heavy atom. The van der Waals surface area contributed by atoms with Crippen molar-refractivity contribution in [2.24, 2.45) is 17.8 Å². The third-order valence-corrected chi connectivity index (χ3v) is 12.9. The number of ether oxygens (including phenoxy) is 7. The highest BCUT2D eigenvalue weighted by molar-refractivity contribution is 5.79. The number of aromatic nitrogens is 3. The highest BCUT2D eigenvalue weighted by Gasteiger charge is 2.58. The van der Waals surface area contributed by atoms with Crippen LogP contribution in [0.25, 0.3) is 11.3 Å². The first kappa shape index (κ1) is 51.4. The highest BCUT2D eigenvalue weighted by Crippen LogP contribution is 2.40. The number of aliphatic hydroxyl groups is 2. The fourth-order valence-corrected chi connectivity index (χ4v) is 9.45. The van der Waals surface area contributed by atoms with Crippen molar-refractivity contribution >= 4 is 24.1 Å². The van der Waals surface area contributed by atoms with Gasteiger partial charge in [-0.1, -0.05) is 32.9 Å². The largest absolute Gasteiger partial charge is 0.509 e. The van der Waals surface area contributed by atoms with Gasteiger partial charge < -0.3 is 48.3 Å². The lowest BCUT2D eigenvalue weighted by atomic mass is 9.77. The molecule has 2 aromatic rings. The second-order valence-corrected chi connectivity index (χ2v) is 18.7. The topological polar surface area (TPSA) is 235 Å². The third kappa shape index (κ3) is 12.4.